The molecule has 0 radical (unpaired) electrons. The van der Waals surface area contributed by atoms with E-state index in [9.17, 15) is 4.79 Å². The van der Waals surface area contributed by atoms with E-state index in [0.29, 0.717) is 11.1 Å². The Hall–Kier alpha value is -1.82. The van der Waals surface area contributed by atoms with Gasteiger partial charge in [-0.25, -0.2) is 0 Å². The number of nitrogens with one attached hydrogen (secondary N) is 1. The molecule has 0 fully saturated rings. The summed E-state index contributed by atoms with van der Waals surface area (Å²) in [6, 6.07) is 5.73. The fraction of sp³-hybridized carbons (Fsp3) is 0.385. The Morgan fingerprint density at radius 1 is 1.38 bits per heavy atom. The van der Waals surface area contributed by atoms with Gasteiger partial charge in [0.05, 0.1) is 11.6 Å². The Bertz CT molecular complexity index is 472. The number of nitriles is 1. The number of nitrogens with zero attached hydrogens (tertiary/aromatic N) is 1. The molecule has 1 aromatic carbocycles. The molecule has 0 aliphatic heterocycles. The van der Waals surface area contributed by atoms with Crippen molar-refractivity contribution in [1.29, 1.82) is 5.26 Å². The van der Waals surface area contributed by atoms with Crippen LogP contribution in [0.4, 0.5) is 0 Å². The van der Waals surface area contributed by atoms with Gasteiger partial charge in [0.25, 0.3) is 5.91 Å². The van der Waals surface area contributed by atoms with Crippen LogP contribution in [0.5, 0.6) is 0 Å². The van der Waals surface area contributed by atoms with E-state index in [-0.39, 0.29) is 5.91 Å². The van der Waals surface area contributed by atoms with Crippen LogP contribution in [0.1, 0.15) is 39.9 Å². The van der Waals surface area contributed by atoms with Crippen LogP contribution in [-0.4, -0.2) is 13.0 Å². The fourth-order valence-corrected chi connectivity index (χ4v) is 2.27. The van der Waals surface area contributed by atoms with Crippen molar-refractivity contribution in [3.8, 4) is 6.07 Å². The lowest BCUT2D eigenvalue weighted by atomic mass is 9.86. The molecule has 0 heterocycles. The smallest absolute Gasteiger partial charge is 0.251 e. The van der Waals surface area contributed by atoms with E-state index in [1.807, 2.05) is 6.07 Å². The fourth-order valence-electron chi connectivity index (χ4n) is 2.27. The SMILES string of the molecule is CNC(=O)c1cc(C#N)cc2c1CCCC2. The number of carbonyl (C=O) groups is 1. The molecular formula is C13H14N2O. The van der Waals surface area contributed by atoms with Gasteiger partial charge in [0.2, 0.25) is 0 Å². The highest BCUT2D eigenvalue weighted by Gasteiger charge is 2.18. The summed E-state index contributed by atoms with van der Waals surface area (Å²) in [6.07, 6.45) is 4.20. The molecule has 1 N–H and O–H groups in total. The third-order valence-corrected chi connectivity index (χ3v) is 3.07. The van der Waals surface area contributed by atoms with Gasteiger partial charge in [-0.1, -0.05) is 0 Å². The second kappa shape index (κ2) is 4.36. The van der Waals surface area contributed by atoms with Crippen molar-refractivity contribution in [2.24, 2.45) is 0 Å². The number of amides is 1. The van der Waals surface area contributed by atoms with E-state index < -0.39 is 0 Å². The molecule has 1 amide bonds. The Labute approximate surface area is 95.1 Å². The summed E-state index contributed by atoms with van der Waals surface area (Å²) in [5.74, 6) is -0.0877. The molecule has 0 unspecified atom stereocenters. The number of benzene rings is 1. The van der Waals surface area contributed by atoms with Gasteiger partial charge in [0, 0.05) is 12.6 Å². The number of fused-ring (bicyclic) bond motifs is 1. The zero-order valence-electron chi connectivity index (χ0n) is 9.34. The van der Waals surface area contributed by atoms with Crippen LogP contribution in [0.3, 0.4) is 0 Å². The Morgan fingerprint density at radius 2 is 2.12 bits per heavy atom. The van der Waals surface area contributed by atoms with Gasteiger partial charge in [-0.15, -0.1) is 0 Å². The standard InChI is InChI=1S/C13H14N2O/c1-15-13(16)12-7-9(8-14)6-10-4-2-3-5-11(10)12/h6-7H,2-5H2,1H3,(H,15,16). The van der Waals surface area contributed by atoms with Crippen molar-refractivity contribution < 1.29 is 4.79 Å². The summed E-state index contributed by atoms with van der Waals surface area (Å²) in [7, 11) is 1.62. The summed E-state index contributed by atoms with van der Waals surface area (Å²) in [5, 5.41) is 11.6. The monoisotopic (exact) mass is 214 g/mol. The molecule has 82 valence electrons. The Morgan fingerprint density at radius 3 is 2.81 bits per heavy atom. The maximum atomic E-state index is 11.7. The highest BCUT2D eigenvalue weighted by molar-refractivity contribution is 5.96. The highest BCUT2D eigenvalue weighted by Crippen LogP contribution is 2.26. The Balaban J connectivity index is 2.57. The van der Waals surface area contributed by atoms with E-state index >= 15 is 0 Å². The third kappa shape index (κ3) is 1.79. The molecule has 1 aliphatic rings. The van der Waals surface area contributed by atoms with Gasteiger partial charge in [0.1, 0.15) is 0 Å². The molecule has 2 rings (SSSR count). The minimum absolute atomic E-state index is 0.0877. The molecule has 0 atom stereocenters. The van der Waals surface area contributed by atoms with E-state index in [2.05, 4.69) is 11.4 Å². The van der Waals surface area contributed by atoms with Crippen LogP contribution in [0.15, 0.2) is 12.1 Å². The van der Waals surface area contributed by atoms with Crippen molar-refractivity contribution in [1.82, 2.24) is 5.32 Å². The molecule has 1 aromatic rings. The van der Waals surface area contributed by atoms with E-state index in [1.54, 1.807) is 13.1 Å². The van der Waals surface area contributed by atoms with E-state index in [0.717, 1.165) is 31.2 Å². The Kier molecular flexibility index (Phi) is 2.91. The second-order valence-corrected chi connectivity index (χ2v) is 4.06. The first-order chi connectivity index (χ1) is 7.76. The van der Waals surface area contributed by atoms with E-state index in [1.165, 1.54) is 5.56 Å². The van der Waals surface area contributed by atoms with Gasteiger partial charge in [-0.3, -0.25) is 4.79 Å². The maximum absolute atomic E-state index is 11.7. The molecule has 0 saturated carbocycles. The van der Waals surface area contributed by atoms with Crippen LogP contribution < -0.4 is 5.32 Å². The average molecular weight is 214 g/mol. The normalized spacial score (nSPS) is 13.8. The number of aryl methyl sites for hydroxylation is 1. The summed E-state index contributed by atoms with van der Waals surface area (Å²) in [5.41, 5.74) is 3.56. The zero-order valence-corrected chi connectivity index (χ0v) is 9.34. The molecule has 0 spiro atoms. The molecule has 1 aliphatic carbocycles. The van der Waals surface area contributed by atoms with Crippen molar-refractivity contribution >= 4 is 5.91 Å². The first-order valence-corrected chi connectivity index (χ1v) is 5.54. The van der Waals surface area contributed by atoms with Crippen LogP contribution in [0, 0.1) is 11.3 Å². The second-order valence-electron chi connectivity index (χ2n) is 4.06. The third-order valence-electron chi connectivity index (χ3n) is 3.07. The highest BCUT2D eigenvalue weighted by atomic mass is 16.1. The summed E-state index contributed by atoms with van der Waals surface area (Å²) < 4.78 is 0. The van der Waals surface area contributed by atoms with Gasteiger partial charge in [-0.05, 0) is 48.9 Å². The van der Waals surface area contributed by atoms with Crippen LogP contribution in [0.25, 0.3) is 0 Å². The minimum atomic E-state index is -0.0877. The zero-order chi connectivity index (χ0) is 11.5. The van der Waals surface area contributed by atoms with Gasteiger partial charge in [-0.2, -0.15) is 5.26 Å². The van der Waals surface area contributed by atoms with Gasteiger partial charge >= 0.3 is 0 Å². The largest absolute Gasteiger partial charge is 0.355 e. The number of hydrogen-bond donors (Lipinski definition) is 1. The predicted octanol–water partition coefficient (Wildman–Crippen LogP) is 1.80. The number of hydrogen-bond acceptors (Lipinski definition) is 2. The predicted molar refractivity (Wildman–Crippen MR) is 61.2 cm³/mol. The average Bonchev–Trinajstić information content (AvgIpc) is 2.36. The van der Waals surface area contributed by atoms with Crippen molar-refractivity contribution in [2.75, 3.05) is 7.05 Å². The summed E-state index contributed by atoms with van der Waals surface area (Å²) >= 11 is 0. The molecule has 0 bridgehead atoms. The molecule has 3 heteroatoms. The molecule has 0 aromatic heterocycles. The first kappa shape index (κ1) is 10.7. The molecule has 16 heavy (non-hydrogen) atoms. The van der Waals surface area contributed by atoms with Crippen molar-refractivity contribution in [2.45, 2.75) is 25.7 Å². The van der Waals surface area contributed by atoms with Crippen LogP contribution in [-0.2, 0) is 12.8 Å². The minimum Gasteiger partial charge on any atom is -0.355 e. The van der Waals surface area contributed by atoms with Gasteiger partial charge in [0.15, 0.2) is 0 Å². The lowest BCUT2D eigenvalue weighted by Gasteiger charge is -2.19. The summed E-state index contributed by atoms with van der Waals surface area (Å²) in [4.78, 5) is 11.7. The van der Waals surface area contributed by atoms with Crippen LogP contribution >= 0.6 is 0 Å². The van der Waals surface area contributed by atoms with Crippen LogP contribution in [0.2, 0.25) is 0 Å². The summed E-state index contributed by atoms with van der Waals surface area (Å²) in [6.45, 7) is 0. The topological polar surface area (TPSA) is 52.9 Å². The molecule has 3 nitrogen and oxygen atoms in total. The first-order valence-electron chi connectivity index (χ1n) is 5.54. The molecular weight excluding hydrogens is 200 g/mol. The lowest BCUT2D eigenvalue weighted by Crippen LogP contribution is -2.21. The number of rotatable bonds is 1. The van der Waals surface area contributed by atoms with Crippen molar-refractivity contribution in [3.63, 3.8) is 0 Å². The van der Waals surface area contributed by atoms with E-state index in [4.69, 9.17) is 5.26 Å². The molecule has 0 saturated heterocycles. The maximum Gasteiger partial charge on any atom is 0.251 e. The number of carbonyl (C=O) groups excluding carboxylic acids is 1. The van der Waals surface area contributed by atoms with Gasteiger partial charge < -0.3 is 5.32 Å². The quantitative estimate of drug-likeness (QED) is 0.775. The van der Waals surface area contributed by atoms with Crippen molar-refractivity contribution in [3.05, 3.63) is 34.4 Å². The lowest BCUT2D eigenvalue weighted by molar-refractivity contribution is 0.0962.